The van der Waals surface area contributed by atoms with Crippen molar-refractivity contribution in [3.63, 3.8) is 0 Å². The topological polar surface area (TPSA) is 79.5 Å². The minimum atomic E-state index is -3.47. The lowest BCUT2D eigenvalue weighted by atomic mass is 9.87. The Labute approximate surface area is 174 Å². The van der Waals surface area contributed by atoms with Crippen molar-refractivity contribution in [2.24, 2.45) is 5.92 Å². The molecule has 29 heavy (non-hydrogen) atoms. The van der Waals surface area contributed by atoms with Crippen LogP contribution >= 0.6 is 0 Å². The van der Waals surface area contributed by atoms with Crippen LogP contribution in [0.25, 0.3) is 0 Å². The van der Waals surface area contributed by atoms with E-state index in [0.29, 0.717) is 55.3 Å². The second kappa shape index (κ2) is 8.53. The van der Waals surface area contributed by atoms with Crippen LogP contribution in [0, 0.1) is 5.92 Å². The Morgan fingerprint density at radius 3 is 2.24 bits per heavy atom. The van der Waals surface area contributed by atoms with Gasteiger partial charge in [0, 0.05) is 32.6 Å². The Morgan fingerprint density at radius 1 is 1.07 bits per heavy atom. The van der Waals surface area contributed by atoms with Crippen LogP contribution in [0.1, 0.15) is 51.9 Å². The van der Waals surface area contributed by atoms with Crippen molar-refractivity contribution in [3.05, 3.63) is 41.5 Å². The molecule has 0 spiro atoms. The Balaban J connectivity index is 1.58. The standard InChI is InChI=1S/C21H32N4O3S/c1-16(2)14-20-22-19(23-28-20)15-24-10-12-25(13-11-24)29(26,27)18-8-6-17(7-9-18)21(3,4)5/h6-9,16H,10-15H2,1-5H3. The molecule has 7 nitrogen and oxygen atoms in total. The van der Waals surface area contributed by atoms with Crippen LogP contribution in [0.4, 0.5) is 0 Å². The predicted octanol–water partition coefficient (Wildman–Crippen LogP) is 3.07. The molecular formula is C21H32N4O3S. The largest absolute Gasteiger partial charge is 0.339 e. The average molecular weight is 421 g/mol. The molecule has 0 saturated carbocycles. The van der Waals surface area contributed by atoms with Crippen molar-refractivity contribution in [3.8, 4) is 0 Å². The van der Waals surface area contributed by atoms with Gasteiger partial charge in [0.2, 0.25) is 15.9 Å². The van der Waals surface area contributed by atoms with E-state index < -0.39 is 10.0 Å². The molecular weight excluding hydrogens is 388 g/mol. The van der Waals surface area contributed by atoms with E-state index in [1.807, 2.05) is 12.1 Å². The zero-order chi connectivity index (χ0) is 21.2. The lowest BCUT2D eigenvalue weighted by molar-refractivity contribution is 0.176. The molecule has 1 fully saturated rings. The van der Waals surface area contributed by atoms with Gasteiger partial charge in [-0.25, -0.2) is 8.42 Å². The Bertz CT molecular complexity index is 906. The lowest BCUT2D eigenvalue weighted by Gasteiger charge is -2.33. The van der Waals surface area contributed by atoms with Gasteiger partial charge in [-0.3, -0.25) is 4.90 Å². The van der Waals surface area contributed by atoms with E-state index in [1.54, 1.807) is 16.4 Å². The second-order valence-electron chi connectivity index (χ2n) is 9.16. The van der Waals surface area contributed by atoms with E-state index in [9.17, 15) is 8.42 Å². The Morgan fingerprint density at radius 2 is 1.69 bits per heavy atom. The molecule has 0 N–H and O–H groups in total. The van der Waals surface area contributed by atoms with Gasteiger partial charge in [0.15, 0.2) is 5.82 Å². The minimum Gasteiger partial charge on any atom is -0.339 e. The summed E-state index contributed by atoms with van der Waals surface area (Å²) in [5.41, 5.74) is 1.12. The SMILES string of the molecule is CC(C)Cc1nc(CN2CCN(S(=O)(=O)c3ccc(C(C)(C)C)cc3)CC2)no1. The number of nitrogens with zero attached hydrogens (tertiary/aromatic N) is 4. The molecule has 1 aliphatic heterocycles. The third-order valence-corrected chi connectivity index (χ3v) is 7.06. The fraction of sp³-hybridized carbons (Fsp3) is 0.619. The summed E-state index contributed by atoms with van der Waals surface area (Å²) in [7, 11) is -3.47. The quantitative estimate of drug-likeness (QED) is 0.715. The van der Waals surface area contributed by atoms with Gasteiger partial charge in [-0.05, 0) is 29.0 Å². The van der Waals surface area contributed by atoms with Gasteiger partial charge in [-0.2, -0.15) is 9.29 Å². The summed E-state index contributed by atoms with van der Waals surface area (Å²) >= 11 is 0. The predicted molar refractivity (Wildman–Crippen MR) is 112 cm³/mol. The third kappa shape index (κ3) is 5.43. The molecule has 160 valence electrons. The summed E-state index contributed by atoms with van der Waals surface area (Å²) in [6.45, 7) is 13.4. The van der Waals surface area contributed by atoms with Crippen LogP contribution in [0.3, 0.4) is 0 Å². The first-order valence-corrected chi connectivity index (χ1v) is 11.6. The highest BCUT2D eigenvalue weighted by atomic mass is 32.2. The number of piperazine rings is 1. The third-order valence-electron chi connectivity index (χ3n) is 5.15. The molecule has 1 aliphatic rings. The summed E-state index contributed by atoms with van der Waals surface area (Å²) in [5.74, 6) is 1.79. The monoisotopic (exact) mass is 420 g/mol. The fourth-order valence-electron chi connectivity index (χ4n) is 3.39. The first-order valence-electron chi connectivity index (χ1n) is 10.2. The molecule has 8 heteroatoms. The van der Waals surface area contributed by atoms with E-state index >= 15 is 0 Å². The first-order chi connectivity index (χ1) is 13.6. The van der Waals surface area contributed by atoms with Gasteiger partial charge in [-0.1, -0.05) is 51.9 Å². The summed E-state index contributed by atoms with van der Waals surface area (Å²) in [6.07, 6.45) is 0.771. The number of benzene rings is 1. The molecule has 1 aromatic carbocycles. The van der Waals surface area contributed by atoms with Crippen LogP contribution in [-0.2, 0) is 28.4 Å². The van der Waals surface area contributed by atoms with Gasteiger partial charge < -0.3 is 4.52 Å². The van der Waals surface area contributed by atoms with E-state index in [4.69, 9.17) is 4.52 Å². The molecule has 0 unspecified atom stereocenters. The van der Waals surface area contributed by atoms with E-state index in [2.05, 4.69) is 49.7 Å². The van der Waals surface area contributed by atoms with E-state index in [-0.39, 0.29) is 5.41 Å². The van der Waals surface area contributed by atoms with Crippen LogP contribution < -0.4 is 0 Å². The normalized spacial score (nSPS) is 17.2. The Kier molecular flexibility index (Phi) is 6.45. The number of aromatic nitrogens is 2. The average Bonchev–Trinajstić information content (AvgIpc) is 3.07. The molecule has 1 saturated heterocycles. The van der Waals surface area contributed by atoms with Crippen molar-refractivity contribution >= 4 is 10.0 Å². The molecule has 0 aliphatic carbocycles. The maximum Gasteiger partial charge on any atom is 0.243 e. The summed E-state index contributed by atoms with van der Waals surface area (Å²) in [6, 6.07) is 7.26. The van der Waals surface area contributed by atoms with Crippen molar-refractivity contribution in [1.82, 2.24) is 19.3 Å². The number of hydrogen-bond donors (Lipinski definition) is 0. The van der Waals surface area contributed by atoms with Crippen LogP contribution in [-0.4, -0.2) is 53.9 Å². The smallest absolute Gasteiger partial charge is 0.243 e. The molecule has 0 amide bonds. The maximum absolute atomic E-state index is 13.0. The van der Waals surface area contributed by atoms with Crippen LogP contribution in [0.15, 0.2) is 33.7 Å². The molecule has 2 aromatic rings. The molecule has 0 atom stereocenters. The molecule has 0 radical (unpaired) electrons. The van der Waals surface area contributed by atoms with Crippen molar-refractivity contribution in [1.29, 1.82) is 0 Å². The lowest BCUT2D eigenvalue weighted by Crippen LogP contribution is -2.48. The van der Waals surface area contributed by atoms with Crippen molar-refractivity contribution in [2.45, 2.75) is 57.9 Å². The van der Waals surface area contributed by atoms with Gasteiger partial charge in [0.1, 0.15) is 0 Å². The van der Waals surface area contributed by atoms with Crippen LogP contribution in [0.5, 0.6) is 0 Å². The molecule has 2 heterocycles. The van der Waals surface area contributed by atoms with Gasteiger partial charge in [-0.15, -0.1) is 0 Å². The highest BCUT2D eigenvalue weighted by Gasteiger charge is 2.29. The van der Waals surface area contributed by atoms with Gasteiger partial charge in [0.25, 0.3) is 0 Å². The summed E-state index contributed by atoms with van der Waals surface area (Å²) in [5, 5.41) is 4.05. The summed E-state index contributed by atoms with van der Waals surface area (Å²) in [4.78, 5) is 6.96. The highest BCUT2D eigenvalue weighted by Crippen LogP contribution is 2.25. The fourth-order valence-corrected chi connectivity index (χ4v) is 4.81. The van der Waals surface area contributed by atoms with Crippen LogP contribution in [0.2, 0.25) is 0 Å². The number of rotatable bonds is 6. The van der Waals surface area contributed by atoms with Gasteiger partial charge >= 0.3 is 0 Å². The summed E-state index contributed by atoms with van der Waals surface area (Å²) < 4.78 is 32.8. The van der Waals surface area contributed by atoms with Gasteiger partial charge in [0.05, 0.1) is 11.4 Å². The number of sulfonamides is 1. The molecule has 0 bridgehead atoms. The molecule has 3 rings (SSSR count). The zero-order valence-corrected chi connectivity index (χ0v) is 18.9. The second-order valence-corrected chi connectivity index (χ2v) is 11.1. The zero-order valence-electron chi connectivity index (χ0n) is 18.1. The first kappa shape index (κ1) is 21.9. The Hall–Kier alpha value is -1.77. The van der Waals surface area contributed by atoms with E-state index in [0.717, 1.165) is 12.0 Å². The molecule has 1 aromatic heterocycles. The van der Waals surface area contributed by atoms with Crippen molar-refractivity contribution in [2.75, 3.05) is 26.2 Å². The maximum atomic E-state index is 13.0. The minimum absolute atomic E-state index is 0.00188. The number of hydrogen-bond acceptors (Lipinski definition) is 6. The van der Waals surface area contributed by atoms with E-state index in [1.165, 1.54) is 0 Å². The van der Waals surface area contributed by atoms with Crippen molar-refractivity contribution < 1.29 is 12.9 Å². The highest BCUT2D eigenvalue weighted by molar-refractivity contribution is 7.89.